The van der Waals surface area contributed by atoms with E-state index in [0.29, 0.717) is 12.1 Å². The standard InChI is InChI=1S/C15H24NO2P/c1-12(2)16(13(3)4)19-17-11-7-9-14-8-5-6-10-15(14)18-19/h5-6,8,10,12-13H,7,9,11H2,1-4H3. The molecule has 0 aliphatic carbocycles. The summed E-state index contributed by atoms with van der Waals surface area (Å²) in [5.41, 5.74) is 1.30. The van der Waals surface area contributed by atoms with Crippen LogP contribution in [0.2, 0.25) is 0 Å². The first kappa shape index (κ1) is 14.8. The Morgan fingerprint density at radius 2 is 1.79 bits per heavy atom. The summed E-state index contributed by atoms with van der Waals surface area (Å²) in [6.07, 6.45) is 2.09. The van der Waals surface area contributed by atoms with E-state index in [2.05, 4.69) is 50.6 Å². The van der Waals surface area contributed by atoms with E-state index in [9.17, 15) is 0 Å². The van der Waals surface area contributed by atoms with Crippen LogP contribution in [0.5, 0.6) is 5.75 Å². The second-order valence-corrected chi connectivity index (χ2v) is 6.82. The van der Waals surface area contributed by atoms with E-state index < -0.39 is 8.53 Å². The largest absolute Gasteiger partial charge is 0.435 e. The quantitative estimate of drug-likeness (QED) is 0.768. The lowest BCUT2D eigenvalue weighted by atomic mass is 10.1. The first-order valence-corrected chi connectivity index (χ1v) is 8.19. The van der Waals surface area contributed by atoms with Gasteiger partial charge in [-0.2, -0.15) is 0 Å². The van der Waals surface area contributed by atoms with Crippen molar-refractivity contribution in [2.45, 2.75) is 52.6 Å². The second kappa shape index (κ2) is 6.69. The van der Waals surface area contributed by atoms with E-state index in [-0.39, 0.29) is 0 Å². The molecule has 0 saturated carbocycles. The van der Waals surface area contributed by atoms with Crippen molar-refractivity contribution in [2.24, 2.45) is 0 Å². The van der Waals surface area contributed by atoms with Gasteiger partial charge in [-0.25, -0.2) is 4.67 Å². The average molecular weight is 281 g/mol. The molecular weight excluding hydrogens is 257 g/mol. The summed E-state index contributed by atoms with van der Waals surface area (Å²) >= 11 is 0. The SMILES string of the molecule is CC(C)N(C(C)C)P1OCCCc2ccccc2O1. The van der Waals surface area contributed by atoms with Crippen LogP contribution in [-0.2, 0) is 10.9 Å². The van der Waals surface area contributed by atoms with Crippen LogP contribution >= 0.6 is 8.53 Å². The summed E-state index contributed by atoms with van der Waals surface area (Å²) in [7, 11) is -1.01. The fraction of sp³-hybridized carbons (Fsp3) is 0.600. The van der Waals surface area contributed by atoms with Crippen molar-refractivity contribution >= 4 is 8.53 Å². The highest BCUT2D eigenvalue weighted by Gasteiger charge is 2.29. The zero-order valence-electron chi connectivity index (χ0n) is 12.3. The molecule has 1 aliphatic rings. The molecule has 0 saturated heterocycles. The molecule has 106 valence electrons. The Bertz CT molecular complexity index is 401. The third-order valence-electron chi connectivity index (χ3n) is 3.19. The predicted molar refractivity (Wildman–Crippen MR) is 80.4 cm³/mol. The minimum absolute atomic E-state index is 0.415. The molecule has 3 nitrogen and oxygen atoms in total. The third-order valence-corrected chi connectivity index (χ3v) is 5.25. The van der Waals surface area contributed by atoms with Gasteiger partial charge in [0.15, 0.2) is 0 Å². The van der Waals surface area contributed by atoms with Gasteiger partial charge in [0.2, 0.25) is 0 Å². The maximum atomic E-state index is 6.19. The van der Waals surface area contributed by atoms with Gasteiger partial charge in [-0.3, -0.25) is 0 Å². The van der Waals surface area contributed by atoms with Gasteiger partial charge >= 0.3 is 8.53 Å². The molecule has 1 aromatic rings. The Kier molecular flexibility index (Phi) is 5.20. The van der Waals surface area contributed by atoms with Gasteiger partial charge in [0.1, 0.15) is 5.75 Å². The molecule has 1 aliphatic heterocycles. The first-order valence-electron chi connectivity index (χ1n) is 7.06. The normalized spacial score (nSPS) is 20.1. The number of fused-ring (bicyclic) bond motifs is 1. The molecule has 0 amide bonds. The van der Waals surface area contributed by atoms with Gasteiger partial charge < -0.3 is 9.05 Å². The van der Waals surface area contributed by atoms with Crippen LogP contribution in [0.3, 0.4) is 0 Å². The van der Waals surface area contributed by atoms with Crippen LogP contribution in [0, 0.1) is 0 Å². The van der Waals surface area contributed by atoms with Gasteiger partial charge in [0.05, 0.1) is 6.61 Å². The van der Waals surface area contributed by atoms with Crippen molar-refractivity contribution < 1.29 is 9.05 Å². The summed E-state index contributed by atoms with van der Waals surface area (Å²) < 4.78 is 14.5. The van der Waals surface area contributed by atoms with Gasteiger partial charge in [-0.15, -0.1) is 0 Å². The predicted octanol–water partition coefficient (Wildman–Crippen LogP) is 4.37. The Hall–Kier alpha value is -0.630. The number of hydrogen-bond donors (Lipinski definition) is 0. The molecule has 0 bridgehead atoms. The topological polar surface area (TPSA) is 21.7 Å². The zero-order chi connectivity index (χ0) is 13.8. The van der Waals surface area contributed by atoms with Crippen LogP contribution in [0.15, 0.2) is 24.3 Å². The van der Waals surface area contributed by atoms with Crippen LogP contribution < -0.4 is 4.52 Å². The summed E-state index contributed by atoms with van der Waals surface area (Å²) in [4.78, 5) is 0. The molecule has 1 atom stereocenters. The molecule has 0 aromatic heterocycles. The smallest absolute Gasteiger partial charge is 0.321 e. The molecule has 19 heavy (non-hydrogen) atoms. The maximum absolute atomic E-state index is 6.19. The molecular formula is C15H24NO2P. The average Bonchev–Trinajstić information content (AvgIpc) is 2.31. The molecule has 1 unspecified atom stereocenters. The van der Waals surface area contributed by atoms with E-state index in [4.69, 9.17) is 9.05 Å². The molecule has 2 rings (SSSR count). The van der Waals surface area contributed by atoms with Gasteiger partial charge in [0, 0.05) is 12.1 Å². The number of aryl methyl sites for hydroxylation is 1. The van der Waals surface area contributed by atoms with Crippen LogP contribution in [0.25, 0.3) is 0 Å². The molecule has 4 heteroatoms. The van der Waals surface area contributed by atoms with Crippen LogP contribution in [0.4, 0.5) is 0 Å². The minimum atomic E-state index is -1.01. The number of hydrogen-bond acceptors (Lipinski definition) is 3. The van der Waals surface area contributed by atoms with Crippen molar-refractivity contribution in [3.05, 3.63) is 29.8 Å². The van der Waals surface area contributed by atoms with Crippen molar-refractivity contribution in [2.75, 3.05) is 6.61 Å². The van der Waals surface area contributed by atoms with Crippen molar-refractivity contribution in [3.63, 3.8) is 0 Å². The maximum Gasteiger partial charge on any atom is 0.321 e. The van der Waals surface area contributed by atoms with Gasteiger partial charge in [-0.1, -0.05) is 18.2 Å². The lowest BCUT2D eigenvalue weighted by Crippen LogP contribution is -2.34. The lowest BCUT2D eigenvalue weighted by Gasteiger charge is -2.36. The second-order valence-electron chi connectivity index (χ2n) is 5.44. The first-order chi connectivity index (χ1) is 9.09. The van der Waals surface area contributed by atoms with E-state index in [0.717, 1.165) is 25.2 Å². The molecule has 0 radical (unpaired) electrons. The van der Waals surface area contributed by atoms with E-state index in [1.165, 1.54) is 5.56 Å². The van der Waals surface area contributed by atoms with Crippen molar-refractivity contribution in [3.8, 4) is 5.75 Å². The Balaban J connectivity index is 2.23. The van der Waals surface area contributed by atoms with E-state index >= 15 is 0 Å². The van der Waals surface area contributed by atoms with Crippen molar-refractivity contribution in [1.29, 1.82) is 0 Å². The van der Waals surface area contributed by atoms with Crippen LogP contribution in [-0.4, -0.2) is 23.4 Å². The fourth-order valence-electron chi connectivity index (χ4n) is 2.40. The van der Waals surface area contributed by atoms with E-state index in [1.807, 2.05) is 6.07 Å². The number of para-hydroxylation sites is 1. The van der Waals surface area contributed by atoms with E-state index in [1.54, 1.807) is 0 Å². The molecule has 1 aromatic carbocycles. The number of benzene rings is 1. The molecule has 0 spiro atoms. The summed E-state index contributed by atoms with van der Waals surface area (Å²) in [6, 6.07) is 9.15. The molecule has 0 N–H and O–H groups in total. The monoisotopic (exact) mass is 281 g/mol. The minimum Gasteiger partial charge on any atom is -0.435 e. The van der Waals surface area contributed by atoms with Crippen molar-refractivity contribution in [1.82, 2.24) is 4.67 Å². The highest BCUT2D eigenvalue weighted by molar-refractivity contribution is 7.45. The van der Waals surface area contributed by atoms with Gasteiger partial charge in [-0.05, 0) is 52.2 Å². The molecule has 0 fully saturated rings. The highest BCUT2D eigenvalue weighted by Crippen LogP contribution is 2.48. The summed E-state index contributed by atoms with van der Waals surface area (Å²) in [6.45, 7) is 9.55. The van der Waals surface area contributed by atoms with Crippen LogP contribution in [0.1, 0.15) is 39.7 Å². The third kappa shape index (κ3) is 3.68. The Morgan fingerprint density at radius 1 is 1.11 bits per heavy atom. The zero-order valence-corrected chi connectivity index (χ0v) is 13.2. The summed E-state index contributed by atoms with van der Waals surface area (Å²) in [5, 5.41) is 0. The number of nitrogens with zero attached hydrogens (tertiary/aromatic N) is 1. The number of rotatable bonds is 3. The highest BCUT2D eigenvalue weighted by atomic mass is 31.2. The fourth-order valence-corrected chi connectivity index (χ4v) is 4.07. The Morgan fingerprint density at radius 3 is 2.47 bits per heavy atom. The molecule has 1 heterocycles. The summed E-state index contributed by atoms with van der Waals surface area (Å²) in [5.74, 6) is 0.986. The van der Waals surface area contributed by atoms with Gasteiger partial charge in [0.25, 0.3) is 0 Å². The lowest BCUT2D eigenvalue weighted by molar-refractivity contribution is 0.210. The Labute approximate surface area is 117 Å².